The van der Waals surface area contributed by atoms with Gasteiger partial charge in [0.25, 0.3) is 11.6 Å². The highest BCUT2D eigenvalue weighted by molar-refractivity contribution is 5.81. The molecule has 0 saturated carbocycles. The van der Waals surface area contributed by atoms with Gasteiger partial charge in [0.05, 0.1) is 69.0 Å². The molecule has 3 amide bonds. The molecule has 650 valence electrons. The number of carboxylic acids is 2. The summed E-state index contributed by atoms with van der Waals surface area (Å²) in [5.41, 5.74) is 0. The maximum atomic E-state index is 13.8. The fourth-order valence-corrected chi connectivity index (χ4v) is 14.8. The fraction of sp³-hybridized carbons (Fsp3) is 0.935. The number of aliphatic carboxylic acids is 2. The summed E-state index contributed by atoms with van der Waals surface area (Å²) >= 11 is 0. The largest absolute Gasteiger partial charge is 0.477 e. The molecule has 26 atom stereocenters. The molecule has 34 heteroatoms. The van der Waals surface area contributed by atoms with Gasteiger partial charge in [0.15, 0.2) is 12.6 Å². The van der Waals surface area contributed by atoms with Crippen molar-refractivity contribution in [3.63, 3.8) is 0 Å². The SMILES string of the molecule is CCCCCCCCCCCCCCCCCCCCCCC(O)C(=O)NC(COC1OC(COC2(C(=O)O)CC(OC3(C(=O)O)CC(O)C(NC(=O)COC4OC(C)C(O)C(O)C4O)C(C(O)C(O)CO)O3)C(NC(C)=O)C(C(O)C(O)CO)O2)C(O)C(O)C1O)C(O)C(O)CCCCCCCCCCCCC(C)C. The van der Waals surface area contributed by atoms with E-state index in [1.54, 1.807) is 0 Å². The Kier molecular flexibility index (Phi) is 47.6. The van der Waals surface area contributed by atoms with Gasteiger partial charge in [0, 0.05) is 19.8 Å². The van der Waals surface area contributed by atoms with Gasteiger partial charge >= 0.3 is 11.9 Å². The minimum absolute atomic E-state index is 0.0553. The van der Waals surface area contributed by atoms with E-state index in [2.05, 4.69) is 36.7 Å². The summed E-state index contributed by atoms with van der Waals surface area (Å²) in [6.45, 7) is 3.24. The molecule has 4 heterocycles. The highest BCUT2D eigenvalue weighted by Crippen LogP contribution is 2.42. The van der Waals surface area contributed by atoms with Gasteiger partial charge in [-0.05, 0) is 25.7 Å². The van der Waals surface area contributed by atoms with Crippen LogP contribution in [-0.2, 0) is 61.9 Å². The van der Waals surface area contributed by atoms with Crippen LogP contribution in [0.2, 0.25) is 0 Å². The van der Waals surface area contributed by atoms with Gasteiger partial charge in [-0.25, -0.2) is 9.59 Å². The molecule has 0 aromatic carbocycles. The van der Waals surface area contributed by atoms with Crippen molar-refractivity contribution in [2.24, 2.45) is 5.92 Å². The average Bonchev–Trinajstić information content (AvgIpc) is 0.742. The van der Waals surface area contributed by atoms with Crippen LogP contribution in [0.1, 0.15) is 259 Å². The predicted molar refractivity (Wildman–Crippen MR) is 398 cm³/mol. The lowest BCUT2D eigenvalue weighted by atomic mass is 9.86. The van der Waals surface area contributed by atoms with Crippen LogP contribution in [-0.4, -0.2) is 313 Å². The molecule has 4 aliphatic heterocycles. The molecule has 26 unspecified atom stereocenters. The number of ether oxygens (including phenoxy) is 8. The standard InChI is InChI=1S/C77H141N3O31/c1-6-7-8-9-10-11-12-13-14-15-16-17-18-19-20-21-26-29-32-35-38-51(85)71(99)79-49(61(91)50(84)37-34-31-28-25-23-22-24-27-30-33-36-46(2)3)43-104-73-68(98)66(96)64(94)56(108-73)44-106-76(74(100)101)40-55(59(78-48(5)83)70(110-76)63(93)54(88)42-82)109-77(75(102)103)39-52(86)58(69(111-77)62(92)53(87)41-81)80-57(89)45-105-72-67(97)65(95)60(90)47(4)107-72/h46-47,49-56,58-70,72-73,81-82,84-88,90-98H,6-45H2,1-5H3,(H,78,83)(H,79,99)(H,80,89)(H,100,101)(H,102,103). The summed E-state index contributed by atoms with van der Waals surface area (Å²) in [5.74, 6) is -13.6. The van der Waals surface area contributed by atoms with Gasteiger partial charge in [-0.15, -0.1) is 0 Å². The van der Waals surface area contributed by atoms with Gasteiger partial charge in [-0.1, -0.05) is 220 Å². The summed E-state index contributed by atoms with van der Waals surface area (Å²) in [6, 6.07) is -5.57. The molecule has 4 rings (SSSR count). The number of aliphatic hydroxyl groups is 16. The van der Waals surface area contributed by atoms with Gasteiger partial charge in [-0.3, -0.25) is 14.4 Å². The summed E-state index contributed by atoms with van der Waals surface area (Å²) in [5, 5.41) is 205. The van der Waals surface area contributed by atoms with E-state index < -0.39 is 234 Å². The summed E-state index contributed by atoms with van der Waals surface area (Å²) in [4.78, 5) is 67.8. The van der Waals surface area contributed by atoms with Gasteiger partial charge in [0.1, 0.15) is 98.2 Å². The molecule has 4 saturated heterocycles. The topological polar surface area (TPSA) is 559 Å². The van der Waals surface area contributed by atoms with Crippen molar-refractivity contribution in [3.8, 4) is 0 Å². The van der Waals surface area contributed by atoms with Crippen LogP contribution in [0.15, 0.2) is 0 Å². The third kappa shape index (κ3) is 33.4. The van der Waals surface area contributed by atoms with Crippen molar-refractivity contribution in [2.75, 3.05) is 33.0 Å². The molecule has 0 aromatic rings. The average molecular weight is 1600 g/mol. The first-order valence-electron chi connectivity index (χ1n) is 41.1. The molecular formula is C77H141N3O31. The number of carbonyl (C=O) groups is 5. The van der Waals surface area contributed by atoms with Crippen molar-refractivity contribution in [2.45, 2.75) is 418 Å². The van der Waals surface area contributed by atoms with E-state index in [9.17, 15) is 116 Å². The van der Waals surface area contributed by atoms with Crippen LogP contribution >= 0.6 is 0 Å². The lowest BCUT2D eigenvalue weighted by Crippen LogP contribution is -2.72. The van der Waals surface area contributed by atoms with Crippen molar-refractivity contribution in [3.05, 3.63) is 0 Å². The van der Waals surface area contributed by atoms with Crippen LogP contribution in [0.3, 0.4) is 0 Å². The Balaban J connectivity index is 1.52. The molecule has 21 N–H and O–H groups in total. The Morgan fingerprint density at radius 2 is 0.928 bits per heavy atom. The normalized spacial score (nSPS) is 30.7. The smallest absolute Gasteiger partial charge is 0.364 e. The Hall–Kier alpha value is -3.61. The molecule has 0 aliphatic carbocycles. The Labute approximate surface area is 653 Å². The molecule has 34 nitrogen and oxygen atoms in total. The number of aliphatic hydroxyl groups excluding tert-OH is 16. The third-order valence-corrected chi connectivity index (χ3v) is 21.7. The minimum atomic E-state index is -3.41. The highest BCUT2D eigenvalue weighted by Gasteiger charge is 2.63. The van der Waals surface area contributed by atoms with Crippen molar-refractivity contribution < 1.29 is 154 Å². The molecule has 4 aliphatic rings. The predicted octanol–water partition coefficient (Wildman–Crippen LogP) is 1.09. The summed E-state index contributed by atoms with van der Waals surface area (Å²) < 4.78 is 46.1. The highest BCUT2D eigenvalue weighted by atomic mass is 16.8. The zero-order valence-electron chi connectivity index (χ0n) is 66.1. The van der Waals surface area contributed by atoms with E-state index in [1.165, 1.54) is 122 Å². The van der Waals surface area contributed by atoms with Gasteiger partial charge < -0.3 is 146 Å². The molecule has 0 radical (unpaired) electrons. The molecule has 0 spiro atoms. The number of hydrogen-bond donors (Lipinski definition) is 21. The molecular weight excluding hydrogens is 1460 g/mol. The second-order valence-corrected chi connectivity index (χ2v) is 31.6. The number of carbonyl (C=O) groups excluding carboxylic acids is 3. The number of rotatable bonds is 59. The van der Waals surface area contributed by atoms with Crippen molar-refractivity contribution in [1.29, 1.82) is 0 Å². The van der Waals surface area contributed by atoms with Gasteiger partial charge in [-0.2, -0.15) is 0 Å². The first-order chi connectivity index (χ1) is 52.8. The number of nitrogens with one attached hydrogen (secondary N) is 3. The zero-order chi connectivity index (χ0) is 82.4. The van der Waals surface area contributed by atoms with Crippen molar-refractivity contribution >= 4 is 29.7 Å². The second-order valence-electron chi connectivity index (χ2n) is 31.6. The van der Waals surface area contributed by atoms with Crippen LogP contribution in [0, 0.1) is 5.92 Å². The van der Waals surface area contributed by atoms with E-state index in [4.69, 9.17) is 37.9 Å². The van der Waals surface area contributed by atoms with E-state index in [1.807, 2.05) is 0 Å². The maximum Gasteiger partial charge on any atom is 0.364 e. The lowest BCUT2D eigenvalue weighted by molar-refractivity contribution is -0.365. The Morgan fingerprint density at radius 1 is 0.495 bits per heavy atom. The van der Waals surface area contributed by atoms with Gasteiger partial charge in [0.2, 0.25) is 17.7 Å². The molecule has 4 fully saturated rings. The number of carboxylic acid groups (broad SMARTS) is 2. The zero-order valence-corrected chi connectivity index (χ0v) is 66.1. The summed E-state index contributed by atoms with van der Waals surface area (Å²) in [6.07, 6.45) is -10.1. The lowest BCUT2D eigenvalue weighted by Gasteiger charge is -2.52. The summed E-state index contributed by atoms with van der Waals surface area (Å²) in [7, 11) is 0. The Bertz CT molecular complexity index is 2580. The van der Waals surface area contributed by atoms with E-state index in [-0.39, 0.29) is 12.8 Å². The van der Waals surface area contributed by atoms with E-state index in [0.717, 1.165) is 77.6 Å². The third-order valence-electron chi connectivity index (χ3n) is 21.7. The van der Waals surface area contributed by atoms with Crippen LogP contribution in [0.25, 0.3) is 0 Å². The number of hydrogen-bond acceptors (Lipinski definition) is 29. The first-order valence-corrected chi connectivity index (χ1v) is 41.1. The fourth-order valence-electron chi connectivity index (χ4n) is 14.8. The quantitative estimate of drug-likeness (QED) is 0.0379. The van der Waals surface area contributed by atoms with Crippen molar-refractivity contribution in [1.82, 2.24) is 16.0 Å². The number of amides is 3. The monoisotopic (exact) mass is 1600 g/mol. The van der Waals surface area contributed by atoms with E-state index >= 15 is 0 Å². The second kappa shape index (κ2) is 52.9. The van der Waals surface area contributed by atoms with Crippen LogP contribution in [0.5, 0.6) is 0 Å². The Morgan fingerprint density at radius 3 is 1.39 bits per heavy atom. The van der Waals surface area contributed by atoms with E-state index in [0.29, 0.717) is 18.8 Å². The maximum absolute atomic E-state index is 13.8. The number of unbranched alkanes of at least 4 members (excludes halogenated alkanes) is 28. The van der Waals surface area contributed by atoms with Crippen LogP contribution in [0.4, 0.5) is 0 Å². The minimum Gasteiger partial charge on any atom is -0.477 e. The molecule has 0 aromatic heterocycles. The first kappa shape index (κ1) is 99.7. The van der Waals surface area contributed by atoms with Crippen LogP contribution < -0.4 is 16.0 Å². The molecule has 111 heavy (non-hydrogen) atoms. The molecule has 0 bridgehead atoms.